The Morgan fingerprint density at radius 3 is 1.79 bits per heavy atom. The second kappa shape index (κ2) is 12.0. The van der Waals surface area contributed by atoms with Crippen LogP contribution < -0.4 is 0 Å². The molecule has 1 rings (SSSR count). The van der Waals surface area contributed by atoms with Crippen LogP contribution in [0.1, 0.15) is 40.2 Å². The molecule has 14 heavy (non-hydrogen) atoms. The fraction of sp³-hybridized carbons (Fsp3) is 0.429. The summed E-state index contributed by atoms with van der Waals surface area (Å²) < 4.78 is 0. The molecule has 0 saturated heterocycles. The molecular formula is C14H24. The van der Waals surface area contributed by atoms with Crippen molar-refractivity contribution in [3.8, 4) is 0 Å². The molecule has 0 heteroatoms. The van der Waals surface area contributed by atoms with Crippen LogP contribution in [-0.4, -0.2) is 0 Å². The van der Waals surface area contributed by atoms with E-state index >= 15 is 0 Å². The zero-order valence-corrected chi connectivity index (χ0v) is 10.3. The van der Waals surface area contributed by atoms with Crippen LogP contribution in [0.3, 0.4) is 0 Å². The van der Waals surface area contributed by atoms with E-state index in [9.17, 15) is 0 Å². The van der Waals surface area contributed by atoms with Gasteiger partial charge in [-0.1, -0.05) is 70.2 Å². The highest BCUT2D eigenvalue weighted by molar-refractivity contribution is 5.19. The first kappa shape index (κ1) is 15.4. The maximum Gasteiger partial charge on any atom is -0.00726 e. The van der Waals surface area contributed by atoms with Gasteiger partial charge in [0.1, 0.15) is 0 Å². The number of allylic oxidation sites excluding steroid dienone is 1. The first-order valence-electron chi connectivity index (χ1n) is 5.47. The highest BCUT2D eigenvalue weighted by Gasteiger charge is 1.88. The summed E-state index contributed by atoms with van der Waals surface area (Å²) in [6.45, 7) is 13.9. The second-order valence-electron chi connectivity index (χ2n) is 2.62. The first-order valence-corrected chi connectivity index (χ1v) is 5.47. The number of rotatable bonds is 2. The number of benzene rings is 1. The average molecular weight is 192 g/mol. The molecule has 0 heterocycles. The van der Waals surface area contributed by atoms with Gasteiger partial charge in [0.05, 0.1) is 0 Å². The normalized spacial score (nSPS) is 7.50. The fourth-order valence-electron chi connectivity index (χ4n) is 0.944. The summed E-state index contributed by atoms with van der Waals surface area (Å²) in [7, 11) is 0. The van der Waals surface area contributed by atoms with Crippen molar-refractivity contribution >= 4 is 0 Å². The smallest absolute Gasteiger partial charge is 0.00726 e. The van der Waals surface area contributed by atoms with Crippen molar-refractivity contribution in [3.63, 3.8) is 0 Å². The molecule has 0 radical (unpaired) electrons. The Labute approximate surface area is 89.7 Å². The lowest BCUT2D eigenvalue weighted by Crippen LogP contribution is -1.82. The summed E-state index contributed by atoms with van der Waals surface area (Å²) in [6, 6.07) is 10.4. The largest absolute Gasteiger partial charge is 0.0998 e. The summed E-state index contributed by atoms with van der Waals surface area (Å²) in [4.78, 5) is 0. The topological polar surface area (TPSA) is 0 Å². The van der Waals surface area contributed by atoms with E-state index in [1.54, 1.807) is 0 Å². The minimum atomic E-state index is 1.00. The molecule has 0 aliphatic rings. The molecule has 0 spiro atoms. The quantitative estimate of drug-likeness (QED) is 0.587. The van der Waals surface area contributed by atoms with Gasteiger partial charge in [0.15, 0.2) is 0 Å². The van der Waals surface area contributed by atoms with E-state index < -0.39 is 0 Å². The van der Waals surface area contributed by atoms with Crippen LogP contribution in [0.25, 0.3) is 0 Å². The molecule has 80 valence electrons. The molecule has 0 nitrogen and oxygen atoms in total. The second-order valence-corrected chi connectivity index (χ2v) is 2.62. The van der Waals surface area contributed by atoms with Crippen molar-refractivity contribution in [1.82, 2.24) is 0 Å². The molecule has 0 fully saturated rings. The van der Waals surface area contributed by atoms with Crippen molar-refractivity contribution in [3.05, 3.63) is 48.0 Å². The molecule has 0 N–H and O–H groups in total. The van der Waals surface area contributed by atoms with Crippen LogP contribution in [0, 0.1) is 0 Å². The third-order valence-corrected chi connectivity index (χ3v) is 1.35. The van der Waals surface area contributed by atoms with E-state index in [0.29, 0.717) is 0 Å². The van der Waals surface area contributed by atoms with E-state index in [4.69, 9.17) is 0 Å². The maximum atomic E-state index is 3.85. The van der Waals surface area contributed by atoms with Crippen LogP contribution >= 0.6 is 0 Å². The standard InChI is InChI=1S/C10H12.2C2H6/c1-9(2)8-10-6-4-3-5-7-10;2*1-2/h3-7H,1,8H2,2H3;2*1-2H3. The van der Waals surface area contributed by atoms with E-state index in [0.717, 1.165) is 6.42 Å². The van der Waals surface area contributed by atoms with Gasteiger partial charge < -0.3 is 0 Å². The van der Waals surface area contributed by atoms with E-state index in [1.165, 1.54) is 11.1 Å². The van der Waals surface area contributed by atoms with E-state index in [1.807, 2.05) is 40.7 Å². The zero-order valence-electron chi connectivity index (χ0n) is 10.3. The zero-order chi connectivity index (χ0) is 11.4. The summed E-state index contributed by atoms with van der Waals surface area (Å²) in [6.07, 6.45) is 1.00. The lowest BCUT2D eigenvalue weighted by molar-refractivity contribution is 1.15. The van der Waals surface area contributed by atoms with Gasteiger partial charge in [-0.2, -0.15) is 0 Å². The van der Waals surface area contributed by atoms with Gasteiger partial charge in [-0.05, 0) is 18.9 Å². The molecule has 0 amide bonds. The Kier molecular flexibility index (Phi) is 13.2. The molecule has 1 aromatic rings. The highest BCUT2D eigenvalue weighted by Crippen LogP contribution is 2.04. The third-order valence-electron chi connectivity index (χ3n) is 1.35. The summed E-state index contributed by atoms with van der Waals surface area (Å²) in [5, 5.41) is 0. The van der Waals surface area contributed by atoms with Crippen molar-refractivity contribution in [2.75, 3.05) is 0 Å². The number of hydrogen-bond acceptors (Lipinski definition) is 0. The average Bonchev–Trinajstić information content (AvgIpc) is 2.24. The monoisotopic (exact) mass is 192 g/mol. The minimum Gasteiger partial charge on any atom is -0.0998 e. The van der Waals surface area contributed by atoms with Gasteiger partial charge in [-0.3, -0.25) is 0 Å². The molecule has 0 aromatic heterocycles. The van der Waals surface area contributed by atoms with Gasteiger partial charge in [0, 0.05) is 0 Å². The lowest BCUT2D eigenvalue weighted by Gasteiger charge is -1.97. The predicted octanol–water partition coefficient (Wildman–Crippen LogP) is 4.86. The van der Waals surface area contributed by atoms with E-state index in [2.05, 4.69) is 30.8 Å². The SMILES string of the molecule is C=C(C)Cc1ccccc1.CC.CC. The molecular weight excluding hydrogens is 168 g/mol. The number of hydrogen-bond donors (Lipinski definition) is 0. The van der Waals surface area contributed by atoms with E-state index in [-0.39, 0.29) is 0 Å². The van der Waals surface area contributed by atoms with Crippen LogP contribution in [0.15, 0.2) is 42.5 Å². The molecule has 0 unspecified atom stereocenters. The Balaban J connectivity index is 0. The van der Waals surface area contributed by atoms with Gasteiger partial charge in [0.25, 0.3) is 0 Å². The molecule has 0 aliphatic heterocycles. The lowest BCUT2D eigenvalue weighted by atomic mass is 10.1. The Morgan fingerprint density at radius 1 is 1.00 bits per heavy atom. The Morgan fingerprint density at radius 2 is 1.43 bits per heavy atom. The Hall–Kier alpha value is -1.04. The van der Waals surface area contributed by atoms with Crippen molar-refractivity contribution in [2.45, 2.75) is 41.0 Å². The minimum absolute atomic E-state index is 1.00. The molecule has 0 saturated carbocycles. The van der Waals surface area contributed by atoms with Crippen LogP contribution in [0.5, 0.6) is 0 Å². The summed E-state index contributed by atoms with van der Waals surface area (Å²) in [5.41, 5.74) is 2.56. The predicted molar refractivity (Wildman–Crippen MR) is 67.7 cm³/mol. The third kappa shape index (κ3) is 9.05. The Bertz CT molecular complexity index is 209. The van der Waals surface area contributed by atoms with Crippen molar-refractivity contribution < 1.29 is 0 Å². The first-order chi connectivity index (χ1) is 6.79. The van der Waals surface area contributed by atoms with Crippen LogP contribution in [0.2, 0.25) is 0 Å². The van der Waals surface area contributed by atoms with Crippen LogP contribution in [-0.2, 0) is 6.42 Å². The fourth-order valence-corrected chi connectivity index (χ4v) is 0.944. The molecule has 0 atom stereocenters. The van der Waals surface area contributed by atoms with Gasteiger partial charge in [-0.25, -0.2) is 0 Å². The maximum absolute atomic E-state index is 3.85. The highest BCUT2D eigenvalue weighted by atomic mass is 13.9. The molecule has 1 aromatic carbocycles. The van der Waals surface area contributed by atoms with Crippen molar-refractivity contribution in [2.24, 2.45) is 0 Å². The van der Waals surface area contributed by atoms with Gasteiger partial charge in [0.2, 0.25) is 0 Å². The molecule has 0 bridgehead atoms. The van der Waals surface area contributed by atoms with Gasteiger partial charge >= 0.3 is 0 Å². The summed E-state index contributed by atoms with van der Waals surface area (Å²) in [5.74, 6) is 0. The van der Waals surface area contributed by atoms with Gasteiger partial charge in [-0.15, -0.1) is 0 Å². The summed E-state index contributed by atoms with van der Waals surface area (Å²) >= 11 is 0. The van der Waals surface area contributed by atoms with Crippen LogP contribution in [0.4, 0.5) is 0 Å². The molecule has 0 aliphatic carbocycles. The van der Waals surface area contributed by atoms with Crippen molar-refractivity contribution in [1.29, 1.82) is 0 Å².